The maximum atomic E-state index is 11.2. The van der Waals surface area contributed by atoms with Crippen LogP contribution in [0.3, 0.4) is 0 Å². The van der Waals surface area contributed by atoms with Gasteiger partial charge in [-0.3, -0.25) is 10.1 Å². The first-order valence-corrected chi connectivity index (χ1v) is 5.92. The summed E-state index contributed by atoms with van der Waals surface area (Å²) in [6.07, 6.45) is 2.14. The highest BCUT2D eigenvalue weighted by Crippen LogP contribution is 2.28. The molecule has 0 aliphatic carbocycles. The van der Waals surface area contributed by atoms with Gasteiger partial charge in [0.1, 0.15) is 0 Å². The first kappa shape index (κ1) is 16.2. The monoisotopic (exact) mass is 295 g/mol. The number of carboxylic acids is 1. The van der Waals surface area contributed by atoms with Crippen LogP contribution in [-0.2, 0) is 14.3 Å². The fraction of sp³-hybridized carbons (Fsp3) is 0.231. The Balaban J connectivity index is 2.96. The predicted octanol–water partition coefficient (Wildman–Crippen LogP) is 1.63. The van der Waals surface area contributed by atoms with Crippen LogP contribution in [0.5, 0.6) is 5.75 Å². The molecule has 0 aliphatic rings. The number of nitro groups is 1. The lowest BCUT2D eigenvalue weighted by atomic mass is 10.2. The van der Waals surface area contributed by atoms with Gasteiger partial charge in [-0.05, 0) is 30.7 Å². The summed E-state index contributed by atoms with van der Waals surface area (Å²) < 4.78 is 9.71. The van der Waals surface area contributed by atoms with Gasteiger partial charge in [-0.15, -0.1) is 0 Å². The number of rotatable bonds is 7. The molecular formula is C13H13NO7. The molecule has 1 aromatic carbocycles. The highest BCUT2D eigenvalue weighted by Gasteiger charge is 2.16. The molecule has 0 saturated heterocycles. The highest BCUT2D eigenvalue weighted by molar-refractivity contribution is 5.85. The molecule has 0 amide bonds. The van der Waals surface area contributed by atoms with E-state index in [9.17, 15) is 19.7 Å². The van der Waals surface area contributed by atoms with Gasteiger partial charge >= 0.3 is 17.6 Å². The van der Waals surface area contributed by atoms with Crippen molar-refractivity contribution >= 4 is 23.7 Å². The van der Waals surface area contributed by atoms with Crippen LogP contribution in [0.2, 0.25) is 0 Å². The number of carboxylic acid groups (broad SMARTS) is 1. The number of ether oxygens (including phenoxy) is 2. The average Bonchev–Trinajstić information content (AvgIpc) is 2.43. The van der Waals surface area contributed by atoms with Gasteiger partial charge < -0.3 is 14.6 Å². The van der Waals surface area contributed by atoms with Gasteiger partial charge in [0.05, 0.1) is 11.5 Å². The van der Waals surface area contributed by atoms with E-state index in [1.807, 2.05) is 0 Å². The third-order valence-electron chi connectivity index (χ3n) is 2.25. The minimum Gasteiger partial charge on any atom is -0.478 e. The molecule has 1 rings (SSSR count). The fourth-order valence-electron chi connectivity index (χ4n) is 1.41. The Morgan fingerprint density at radius 3 is 2.71 bits per heavy atom. The normalized spacial score (nSPS) is 10.3. The van der Waals surface area contributed by atoms with E-state index >= 15 is 0 Å². The predicted molar refractivity (Wildman–Crippen MR) is 71.9 cm³/mol. The molecule has 1 aromatic rings. The summed E-state index contributed by atoms with van der Waals surface area (Å²) in [7, 11) is 0. The van der Waals surface area contributed by atoms with Gasteiger partial charge in [0, 0.05) is 12.1 Å². The number of hydrogen-bond acceptors (Lipinski definition) is 6. The van der Waals surface area contributed by atoms with Crippen molar-refractivity contribution in [2.75, 3.05) is 13.2 Å². The molecule has 8 nitrogen and oxygen atoms in total. The Labute approximate surface area is 119 Å². The number of hydrogen-bond donors (Lipinski definition) is 1. The molecule has 0 saturated carbocycles. The van der Waals surface area contributed by atoms with Crippen LogP contribution in [0.25, 0.3) is 6.08 Å². The molecule has 0 radical (unpaired) electrons. The SMILES string of the molecule is CCOC(=O)COc1cc(C=CC(=O)O)ccc1[N+](=O)[O-]. The zero-order valence-corrected chi connectivity index (χ0v) is 11.1. The molecule has 0 bridgehead atoms. The highest BCUT2D eigenvalue weighted by atomic mass is 16.6. The Morgan fingerprint density at radius 2 is 2.14 bits per heavy atom. The van der Waals surface area contributed by atoms with E-state index in [1.165, 1.54) is 24.3 Å². The molecule has 0 heterocycles. The molecule has 8 heteroatoms. The summed E-state index contributed by atoms with van der Waals surface area (Å²) in [4.78, 5) is 31.8. The lowest BCUT2D eigenvalue weighted by Gasteiger charge is -2.07. The number of aliphatic carboxylic acids is 1. The van der Waals surface area contributed by atoms with E-state index in [4.69, 9.17) is 9.84 Å². The summed E-state index contributed by atoms with van der Waals surface area (Å²) in [6.45, 7) is 1.32. The first-order chi connectivity index (χ1) is 9.93. The summed E-state index contributed by atoms with van der Waals surface area (Å²) in [5.74, 6) is -1.94. The third kappa shape index (κ3) is 5.31. The van der Waals surface area contributed by atoms with Crippen LogP contribution in [0.1, 0.15) is 12.5 Å². The Bertz CT molecular complexity index is 580. The van der Waals surface area contributed by atoms with Crippen LogP contribution < -0.4 is 4.74 Å². The molecule has 0 aromatic heterocycles. The zero-order valence-electron chi connectivity index (χ0n) is 11.1. The zero-order chi connectivity index (χ0) is 15.8. The van der Waals surface area contributed by atoms with E-state index in [1.54, 1.807) is 6.92 Å². The topological polar surface area (TPSA) is 116 Å². The molecule has 0 aliphatic heterocycles. The molecule has 0 spiro atoms. The average molecular weight is 295 g/mol. The van der Waals surface area contributed by atoms with E-state index in [-0.39, 0.29) is 18.0 Å². The molecule has 21 heavy (non-hydrogen) atoms. The van der Waals surface area contributed by atoms with E-state index in [2.05, 4.69) is 4.74 Å². The molecular weight excluding hydrogens is 282 g/mol. The molecule has 0 fully saturated rings. The third-order valence-corrected chi connectivity index (χ3v) is 2.25. The lowest BCUT2D eigenvalue weighted by molar-refractivity contribution is -0.385. The van der Waals surface area contributed by atoms with Crippen molar-refractivity contribution in [1.29, 1.82) is 0 Å². The van der Waals surface area contributed by atoms with Crippen LogP contribution in [0, 0.1) is 10.1 Å². The Morgan fingerprint density at radius 1 is 1.43 bits per heavy atom. The number of nitro benzene ring substituents is 1. The second kappa shape index (κ2) is 7.63. The summed E-state index contributed by atoms with van der Waals surface area (Å²) in [5, 5.41) is 19.4. The number of esters is 1. The summed E-state index contributed by atoms with van der Waals surface area (Å²) in [5.41, 5.74) is 0.0635. The van der Waals surface area contributed by atoms with Crippen LogP contribution >= 0.6 is 0 Å². The summed E-state index contributed by atoms with van der Waals surface area (Å²) in [6, 6.07) is 3.81. The first-order valence-electron chi connectivity index (χ1n) is 5.92. The van der Waals surface area contributed by atoms with Gasteiger partial charge in [-0.1, -0.05) is 0 Å². The maximum Gasteiger partial charge on any atom is 0.344 e. The van der Waals surface area contributed by atoms with Crippen molar-refractivity contribution in [3.8, 4) is 5.75 Å². The van der Waals surface area contributed by atoms with Gasteiger partial charge in [0.15, 0.2) is 12.4 Å². The second-order valence-electron chi connectivity index (χ2n) is 3.75. The van der Waals surface area contributed by atoms with Crippen LogP contribution in [0.15, 0.2) is 24.3 Å². The number of benzene rings is 1. The standard InChI is InChI=1S/C13H13NO7/c1-2-20-13(17)8-21-11-7-9(4-6-12(15)16)3-5-10(11)14(18)19/h3-7H,2,8H2,1H3,(H,15,16). The molecule has 0 atom stereocenters. The number of carbonyl (C=O) groups is 2. The van der Waals surface area contributed by atoms with Crippen LogP contribution in [0.4, 0.5) is 5.69 Å². The Kier molecular flexibility index (Phi) is 5.87. The van der Waals surface area contributed by atoms with Crippen molar-refractivity contribution in [2.45, 2.75) is 6.92 Å². The van der Waals surface area contributed by atoms with Crippen molar-refractivity contribution in [3.05, 3.63) is 40.0 Å². The van der Waals surface area contributed by atoms with E-state index in [0.29, 0.717) is 5.56 Å². The number of nitrogens with zero attached hydrogens (tertiary/aromatic N) is 1. The molecule has 112 valence electrons. The minimum atomic E-state index is -1.15. The van der Waals surface area contributed by atoms with Gasteiger partial charge in [0.25, 0.3) is 0 Å². The summed E-state index contributed by atoms with van der Waals surface area (Å²) >= 11 is 0. The van der Waals surface area contributed by atoms with Crippen molar-refractivity contribution in [3.63, 3.8) is 0 Å². The minimum absolute atomic E-state index is 0.138. The maximum absolute atomic E-state index is 11.2. The molecule has 0 unspecified atom stereocenters. The molecule has 1 N–H and O–H groups in total. The van der Waals surface area contributed by atoms with Crippen molar-refractivity contribution in [1.82, 2.24) is 0 Å². The van der Waals surface area contributed by atoms with Gasteiger partial charge in [0.2, 0.25) is 0 Å². The van der Waals surface area contributed by atoms with E-state index < -0.39 is 23.5 Å². The quantitative estimate of drug-likeness (QED) is 0.351. The van der Waals surface area contributed by atoms with Gasteiger partial charge in [-0.25, -0.2) is 9.59 Å². The van der Waals surface area contributed by atoms with E-state index in [0.717, 1.165) is 6.08 Å². The largest absolute Gasteiger partial charge is 0.478 e. The van der Waals surface area contributed by atoms with Crippen molar-refractivity contribution < 1.29 is 29.1 Å². The van der Waals surface area contributed by atoms with Crippen molar-refractivity contribution in [2.24, 2.45) is 0 Å². The smallest absolute Gasteiger partial charge is 0.344 e. The lowest BCUT2D eigenvalue weighted by Crippen LogP contribution is -2.15. The second-order valence-corrected chi connectivity index (χ2v) is 3.75. The van der Waals surface area contributed by atoms with Gasteiger partial charge in [-0.2, -0.15) is 0 Å². The number of carbonyl (C=O) groups excluding carboxylic acids is 1. The van der Waals surface area contributed by atoms with Crippen LogP contribution in [-0.4, -0.2) is 35.2 Å². The fourth-order valence-corrected chi connectivity index (χ4v) is 1.41. The Hall–Kier alpha value is -2.90.